The standard InChI is InChI=1S/C33H40F4O/c1-2-22-3-5-23(6-4-22)24-7-9-25(10-8-24)26-11-13-27(14-12-26)28-15-17-29(18-16-28)30-19-20-32(31(34)21-30)38-33(35,36)37/h2,11-14,19-25,28-29H,1,3-10,15-18H2. The Bertz CT molecular complexity index is 1050. The summed E-state index contributed by atoms with van der Waals surface area (Å²) in [6.45, 7) is 3.99. The van der Waals surface area contributed by atoms with Gasteiger partial charge in [0.05, 0.1) is 0 Å². The first-order chi connectivity index (χ1) is 18.3. The quantitative estimate of drug-likeness (QED) is 0.268. The van der Waals surface area contributed by atoms with Crippen LogP contribution in [0.5, 0.6) is 5.75 Å². The van der Waals surface area contributed by atoms with Crippen LogP contribution in [0.1, 0.15) is 111 Å². The Morgan fingerprint density at radius 1 is 0.632 bits per heavy atom. The predicted molar refractivity (Wildman–Crippen MR) is 144 cm³/mol. The highest BCUT2D eigenvalue weighted by Gasteiger charge is 2.33. The molecule has 1 nitrogen and oxygen atoms in total. The highest BCUT2D eigenvalue weighted by molar-refractivity contribution is 5.33. The number of alkyl halides is 3. The van der Waals surface area contributed by atoms with Gasteiger partial charge in [0.1, 0.15) is 0 Å². The number of halogens is 4. The van der Waals surface area contributed by atoms with Crippen molar-refractivity contribution in [3.8, 4) is 5.75 Å². The fraction of sp³-hybridized carbons (Fsp3) is 0.576. The van der Waals surface area contributed by atoms with Crippen LogP contribution in [0.4, 0.5) is 17.6 Å². The Morgan fingerprint density at radius 2 is 1.05 bits per heavy atom. The van der Waals surface area contributed by atoms with Crippen molar-refractivity contribution in [3.63, 3.8) is 0 Å². The molecule has 5 rings (SSSR count). The third kappa shape index (κ3) is 6.63. The van der Waals surface area contributed by atoms with Crippen LogP contribution in [0.15, 0.2) is 55.1 Å². The second-order valence-electron chi connectivity index (χ2n) is 12.0. The first-order valence-corrected chi connectivity index (χ1v) is 14.6. The Kier molecular flexibility index (Phi) is 8.50. The largest absolute Gasteiger partial charge is 0.573 e. The minimum atomic E-state index is -4.89. The summed E-state index contributed by atoms with van der Waals surface area (Å²) < 4.78 is 55.2. The van der Waals surface area contributed by atoms with Crippen LogP contribution < -0.4 is 4.74 Å². The number of hydrogen-bond acceptors (Lipinski definition) is 1. The van der Waals surface area contributed by atoms with Crippen molar-refractivity contribution in [2.75, 3.05) is 0 Å². The molecule has 5 heteroatoms. The minimum absolute atomic E-state index is 0.168. The maximum absolute atomic E-state index is 14.2. The molecule has 3 fully saturated rings. The van der Waals surface area contributed by atoms with E-state index in [0.29, 0.717) is 11.8 Å². The van der Waals surface area contributed by atoms with Crippen LogP contribution in [0.25, 0.3) is 0 Å². The van der Waals surface area contributed by atoms with Crippen LogP contribution in [-0.2, 0) is 0 Å². The molecule has 0 radical (unpaired) electrons. The molecule has 0 bridgehead atoms. The van der Waals surface area contributed by atoms with E-state index in [0.717, 1.165) is 55.1 Å². The summed E-state index contributed by atoms with van der Waals surface area (Å²) in [4.78, 5) is 0. The van der Waals surface area contributed by atoms with Gasteiger partial charge in [-0.1, -0.05) is 36.4 Å². The van der Waals surface area contributed by atoms with Gasteiger partial charge >= 0.3 is 6.36 Å². The highest BCUT2D eigenvalue weighted by atomic mass is 19.4. The molecule has 3 aliphatic carbocycles. The second-order valence-corrected chi connectivity index (χ2v) is 12.0. The van der Waals surface area contributed by atoms with Crippen molar-refractivity contribution < 1.29 is 22.3 Å². The maximum atomic E-state index is 14.2. The van der Waals surface area contributed by atoms with E-state index in [1.165, 1.54) is 68.6 Å². The van der Waals surface area contributed by atoms with E-state index in [-0.39, 0.29) is 5.92 Å². The Morgan fingerprint density at radius 3 is 1.50 bits per heavy atom. The lowest BCUT2D eigenvalue weighted by Gasteiger charge is -2.37. The van der Waals surface area contributed by atoms with Crippen LogP contribution in [0, 0.1) is 23.6 Å². The molecule has 3 saturated carbocycles. The number of ether oxygens (including phenoxy) is 1. The minimum Gasteiger partial charge on any atom is -0.403 e. The third-order valence-corrected chi connectivity index (χ3v) is 9.85. The molecule has 206 valence electrons. The number of hydrogen-bond donors (Lipinski definition) is 0. The molecule has 0 spiro atoms. The fourth-order valence-electron chi connectivity index (χ4n) is 7.55. The van der Waals surface area contributed by atoms with E-state index >= 15 is 0 Å². The van der Waals surface area contributed by atoms with Crippen molar-refractivity contribution >= 4 is 0 Å². The molecule has 0 unspecified atom stereocenters. The second kappa shape index (κ2) is 11.8. The first kappa shape index (κ1) is 27.3. The van der Waals surface area contributed by atoms with Crippen molar-refractivity contribution in [2.45, 2.75) is 101 Å². The van der Waals surface area contributed by atoms with Crippen LogP contribution >= 0.6 is 0 Å². The fourth-order valence-corrected chi connectivity index (χ4v) is 7.55. The molecule has 2 aromatic rings. The van der Waals surface area contributed by atoms with Crippen LogP contribution in [-0.4, -0.2) is 6.36 Å². The van der Waals surface area contributed by atoms with Gasteiger partial charge < -0.3 is 4.74 Å². The third-order valence-electron chi connectivity index (χ3n) is 9.85. The number of benzene rings is 2. The average molecular weight is 529 g/mol. The Balaban J connectivity index is 1.10. The maximum Gasteiger partial charge on any atom is 0.573 e. The topological polar surface area (TPSA) is 9.23 Å². The lowest BCUT2D eigenvalue weighted by Crippen LogP contribution is -2.25. The molecule has 3 aliphatic rings. The van der Waals surface area contributed by atoms with E-state index in [9.17, 15) is 17.6 Å². The summed E-state index contributed by atoms with van der Waals surface area (Å²) in [6, 6.07) is 13.2. The van der Waals surface area contributed by atoms with Crippen molar-refractivity contribution in [2.24, 2.45) is 17.8 Å². The summed E-state index contributed by atoms with van der Waals surface area (Å²) in [7, 11) is 0. The zero-order valence-electron chi connectivity index (χ0n) is 22.2. The molecule has 38 heavy (non-hydrogen) atoms. The number of allylic oxidation sites excluding steroid dienone is 1. The summed E-state index contributed by atoms with van der Waals surface area (Å²) in [5, 5.41) is 0. The molecule has 0 N–H and O–H groups in total. The van der Waals surface area contributed by atoms with E-state index in [1.807, 2.05) is 0 Å². The summed E-state index contributed by atoms with van der Waals surface area (Å²) >= 11 is 0. The van der Waals surface area contributed by atoms with E-state index in [2.05, 4.69) is 41.7 Å². The van der Waals surface area contributed by atoms with Gasteiger partial charge in [0.25, 0.3) is 0 Å². The normalized spacial score (nSPS) is 30.5. The highest BCUT2D eigenvalue weighted by Crippen LogP contribution is 2.45. The van der Waals surface area contributed by atoms with Gasteiger partial charge in [0.15, 0.2) is 11.6 Å². The Hall–Kier alpha value is -2.30. The summed E-state index contributed by atoms with van der Waals surface area (Å²) in [6.07, 6.45) is 11.9. The monoisotopic (exact) mass is 528 g/mol. The van der Waals surface area contributed by atoms with Crippen molar-refractivity contribution in [1.82, 2.24) is 0 Å². The molecule has 0 heterocycles. The molecular formula is C33H40F4O. The van der Waals surface area contributed by atoms with Crippen molar-refractivity contribution in [1.29, 1.82) is 0 Å². The van der Waals surface area contributed by atoms with Crippen LogP contribution in [0.2, 0.25) is 0 Å². The van der Waals surface area contributed by atoms with Crippen LogP contribution in [0.3, 0.4) is 0 Å². The zero-order chi connectivity index (χ0) is 26.7. The van der Waals surface area contributed by atoms with Gasteiger partial charge in [-0.05, 0) is 141 Å². The molecule has 0 aliphatic heterocycles. The van der Waals surface area contributed by atoms with Gasteiger partial charge in [-0.15, -0.1) is 19.8 Å². The lowest BCUT2D eigenvalue weighted by molar-refractivity contribution is -0.275. The molecular weight excluding hydrogens is 488 g/mol. The Labute approximate surface area is 224 Å². The number of rotatable bonds is 6. The predicted octanol–water partition coefficient (Wildman–Crippen LogP) is 10.4. The summed E-state index contributed by atoms with van der Waals surface area (Å²) in [5.74, 6) is 2.19. The molecule has 0 atom stereocenters. The van der Waals surface area contributed by atoms with Gasteiger partial charge in [-0.3, -0.25) is 0 Å². The zero-order valence-corrected chi connectivity index (χ0v) is 22.2. The summed E-state index contributed by atoms with van der Waals surface area (Å²) in [5.41, 5.74) is 3.61. The molecule has 0 aromatic heterocycles. The van der Waals surface area contributed by atoms with Crippen molar-refractivity contribution in [3.05, 3.63) is 77.6 Å². The van der Waals surface area contributed by atoms with E-state index < -0.39 is 17.9 Å². The SMILES string of the molecule is C=CC1CCC(C2CCC(c3ccc(C4CCC(c5ccc(OC(F)(F)F)c(F)c5)CC4)cc3)CC2)CC1. The van der Waals surface area contributed by atoms with Gasteiger partial charge in [-0.2, -0.15) is 0 Å². The average Bonchev–Trinajstić information content (AvgIpc) is 2.94. The first-order valence-electron chi connectivity index (χ1n) is 14.6. The molecule has 2 aromatic carbocycles. The smallest absolute Gasteiger partial charge is 0.403 e. The van der Waals surface area contributed by atoms with E-state index in [4.69, 9.17) is 0 Å². The lowest BCUT2D eigenvalue weighted by atomic mass is 9.68. The molecule has 0 saturated heterocycles. The van der Waals surface area contributed by atoms with Gasteiger partial charge in [-0.25, -0.2) is 4.39 Å². The van der Waals surface area contributed by atoms with Gasteiger partial charge in [0, 0.05) is 0 Å². The van der Waals surface area contributed by atoms with E-state index in [1.54, 1.807) is 6.07 Å². The molecule has 0 amide bonds. The van der Waals surface area contributed by atoms with Gasteiger partial charge in [0.2, 0.25) is 0 Å².